The highest BCUT2D eigenvalue weighted by Gasteiger charge is 2.30. The third kappa shape index (κ3) is 1.69. The van der Waals surface area contributed by atoms with E-state index in [1.807, 2.05) is 6.07 Å². The lowest BCUT2D eigenvalue weighted by Gasteiger charge is -2.19. The summed E-state index contributed by atoms with van der Waals surface area (Å²) in [6.07, 6.45) is 1.64. The molecule has 0 aromatic carbocycles. The Kier molecular flexibility index (Phi) is 3.04. The molecule has 0 saturated heterocycles. The average molecular weight is 276 g/mol. The van der Waals surface area contributed by atoms with Crippen molar-refractivity contribution in [3.05, 3.63) is 25.1 Å². The Bertz CT molecular complexity index is 819. The fraction of sp³-hybridized carbons (Fsp3) is 0.250. The zero-order chi connectivity index (χ0) is 14.3. The second kappa shape index (κ2) is 4.40. The topological polar surface area (TPSA) is 115 Å². The molecule has 1 unspecified atom stereocenters. The number of primary amides is 1. The molecule has 7 heteroatoms. The van der Waals surface area contributed by atoms with Crippen LogP contribution in [0, 0.1) is 17.2 Å². The number of hydrogen-bond donors (Lipinski definition) is 2. The number of thiazole rings is 1. The highest BCUT2D eigenvalue weighted by Crippen LogP contribution is 2.25. The third-order valence-electron chi connectivity index (χ3n) is 3.08. The summed E-state index contributed by atoms with van der Waals surface area (Å²) in [7, 11) is 0. The molecule has 4 N–H and O–H groups in total. The highest BCUT2D eigenvalue weighted by molar-refractivity contribution is 7.07. The Labute approximate surface area is 112 Å². The Morgan fingerprint density at radius 2 is 2.21 bits per heavy atom. The van der Waals surface area contributed by atoms with Gasteiger partial charge in [-0.05, 0) is 6.92 Å². The monoisotopic (exact) mass is 276 g/mol. The standard InChI is InChI=1S/C12H12N4O2S/c1-3-7-11(18)16-9(14)6(4-13)5(2)8(10(15)17)12(16)19-7/h3,5H,14H2,1-2H3,(H2,15,17). The van der Waals surface area contributed by atoms with E-state index in [2.05, 4.69) is 0 Å². The van der Waals surface area contributed by atoms with Gasteiger partial charge in [0.25, 0.3) is 5.56 Å². The number of fused-ring (bicyclic) bond motifs is 1. The summed E-state index contributed by atoms with van der Waals surface area (Å²) in [4.78, 5) is 23.7. The van der Waals surface area contributed by atoms with Gasteiger partial charge in [0, 0.05) is 5.92 Å². The van der Waals surface area contributed by atoms with Crippen LogP contribution in [-0.2, 0) is 4.79 Å². The molecule has 1 aliphatic rings. The molecule has 0 saturated carbocycles. The molecule has 0 aliphatic carbocycles. The quantitative estimate of drug-likeness (QED) is 0.659. The van der Waals surface area contributed by atoms with Crippen LogP contribution in [0.3, 0.4) is 0 Å². The number of carbonyl (C=O) groups is 1. The predicted octanol–water partition coefficient (Wildman–Crippen LogP) is -1.35. The maximum Gasteiger partial charge on any atom is 0.274 e. The molecule has 6 nitrogen and oxygen atoms in total. The molecule has 1 atom stereocenters. The summed E-state index contributed by atoms with van der Waals surface area (Å²) >= 11 is 1.15. The van der Waals surface area contributed by atoms with E-state index in [1.165, 1.54) is 4.57 Å². The van der Waals surface area contributed by atoms with E-state index in [1.54, 1.807) is 19.9 Å². The van der Waals surface area contributed by atoms with Gasteiger partial charge in [-0.1, -0.05) is 13.0 Å². The molecule has 0 bridgehead atoms. The zero-order valence-electron chi connectivity index (χ0n) is 10.4. The van der Waals surface area contributed by atoms with Crippen molar-refractivity contribution in [1.29, 1.82) is 5.26 Å². The number of nitrogens with two attached hydrogens (primary N) is 2. The van der Waals surface area contributed by atoms with Gasteiger partial charge in [-0.2, -0.15) is 5.26 Å². The first kappa shape index (κ1) is 13.1. The van der Waals surface area contributed by atoms with Crippen molar-refractivity contribution in [2.45, 2.75) is 13.8 Å². The molecule has 2 heterocycles. The van der Waals surface area contributed by atoms with Crippen molar-refractivity contribution < 1.29 is 4.79 Å². The molecule has 1 aromatic heterocycles. The van der Waals surface area contributed by atoms with Crippen molar-refractivity contribution in [3.8, 4) is 6.07 Å². The third-order valence-corrected chi connectivity index (χ3v) is 4.31. The van der Waals surface area contributed by atoms with Crippen LogP contribution in [0.2, 0.25) is 0 Å². The molecule has 0 spiro atoms. The average Bonchev–Trinajstić information content (AvgIpc) is 2.66. The van der Waals surface area contributed by atoms with E-state index in [0.717, 1.165) is 11.3 Å². The SMILES string of the molecule is CC=c1sc2n(c1=O)C(N)=C(C#N)C(C)C=2C(N)=O. The molecule has 1 aliphatic heterocycles. The molecular formula is C12H12N4O2S. The van der Waals surface area contributed by atoms with Crippen LogP contribution < -0.4 is 26.2 Å². The Balaban J connectivity index is 3.10. The lowest BCUT2D eigenvalue weighted by Crippen LogP contribution is -2.40. The molecule has 1 amide bonds. The Morgan fingerprint density at radius 3 is 2.68 bits per heavy atom. The van der Waals surface area contributed by atoms with Crippen LogP contribution >= 0.6 is 11.3 Å². The number of amides is 1. The van der Waals surface area contributed by atoms with Crippen LogP contribution in [0.5, 0.6) is 0 Å². The largest absolute Gasteiger partial charge is 0.384 e. The first-order valence-corrected chi connectivity index (χ1v) is 6.38. The summed E-state index contributed by atoms with van der Waals surface area (Å²) in [5, 5.41) is 9.14. The number of allylic oxidation sites excluding steroid dienone is 1. The van der Waals surface area contributed by atoms with Crippen LogP contribution in [0.15, 0.2) is 10.4 Å². The molecule has 1 aromatic rings. The number of carbonyl (C=O) groups excluding carboxylic acids is 1. The van der Waals surface area contributed by atoms with Gasteiger partial charge in [0.05, 0.1) is 21.7 Å². The first-order chi connectivity index (χ1) is 8.93. The smallest absolute Gasteiger partial charge is 0.274 e. The van der Waals surface area contributed by atoms with Gasteiger partial charge in [0.1, 0.15) is 10.5 Å². The summed E-state index contributed by atoms with van der Waals surface area (Å²) in [6, 6.07) is 1.94. The van der Waals surface area contributed by atoms with E-state index < -0.39 is 11.8 Å². The van der Waals surface area contributed by atoms with Crippen LogP contribution in [0.4, 0.5) is 0 Å². The van der Waals surface area contributed by atoms with Gasteiger partial charge in [-0.25, -0.2) is 0 Å². The maximum atomic E-state index is 12.1. The van der Waals surface area contributed by atoms with E-state index in [0.29, 0.717) is 9.20 Å². The summed E-state index contributed by atoms with van der Waals surface area (Å²) in [5.41, 5.74) is 11.3. The minimum atomic E-state index is -0.648. The van der Waals surface area contributed by atoms with E-state index in [9.17, 15) is 9.59 Å². The fourth-order valence-corrected chi connectivity index (χ4v) is 3.28. The summed E-state index contributed by atoms with van der Waals surface area (Å²) < 4.78 is 2.07. The van der Waals surface area contributed by atoms with Crippen molar-refractivity contribution in [1.82, 2.24) is 4.57 Å². The number of aromatic nitrogens is 1. The lowest BCUT2D eigenvalue weighted by atomic mass is 9.92. The molecular weight excluding hydrogens is 264 g/mol. The van der Waals surface area contributed by atoms with Gasteiger partial charge in [-0.3, -0.25) is 14.2 Å². The van der Waals surface area contributed by atoms with E-state index >= 15 is 0 Å². The number of nitriles is 1. The van der Waals surface area contributed by atoms with Gasteiger partial charge >= 0.3 is 0 Å². The van der Waals surface area contributed by atoms with Crippen LogP contribution in [0.25, 0.3) is 17.5 Å². The first-order valence-electron chi connectivity index (χ1n) is 5.56. The minimum Gasteiger partial charge on any atom is -0.384 e. The van der Waals surface area contributed by atoms with Crippen molar-refractivity contribution in [3.63, 3.8) is 0 Å². The van der Waals surface area contributed by atoms with Gasteiger partial charge < -0.3 is 11.5 Å². The normalized spacial score (nSPS) is 19.3. The fourth-order valence-electron chi connectivity index (χ4n) is 2.12. The van der Waals surface area contributed by atoms with Gasteiger partial charge in [-0.15, -0.1) is 11.3 Å². The number of rotatable bonds is 1. The van der Waals surface area contributed by atoms with Crippen molar-refractivity contribution >= 4 is 34.7 Å². The van der Waals surface area contributed by atoms with E-state index in [4.69, 9.17) is 16.7 Å². The van der Waals surface area contributed by atoms with Crippen molar-refractivity contribution in [2.75, 3.05) is 0 Å². The second-order valence-electron chi connectivity index (χ2n) is 4.11. The molecule has 0 fully saturated rings. The molecule has 2 rings (SSSR count). The summed E-state index contributed by atoms with van der Waals surface area (Å²) in [5.74, 6) is -1.08. The van der Waals surface area contributed by atoms with Gasteiger partial charge in [0.15, 0.2) is 0 Å². The Hall–Kier alpha value is -2.33. The Morgan fingerprint density at radius 1 is 1.58 bits per heavy atom. The minimum absolute atomic E-state index is 0.0735. The summed E-state index contributed by atoms with van der Waals surface area (Å²) in [6.45, 7) is 3.40. The van der Waals surface area contributed by atoms with Gasteiger partial charge in [0.2, 0.25) is 5.91 Å². The van der Waals surface area contributed by atoms with Crippen LogP contribution in [0.1, 0.15) is 13.8 Å². The zero-order valence-corrected chi connectivity index (χ0v) is 11.2. The lowest BCUT2D eigenvalue weighted by molar-refractivity contribution is -0.113. The van der Waals surface area contributed by atoms with E-state index in [-0.39, 0.29) is 22.5 Å². The molecule has 0 radical (unpaired) electrons. The predicted molar refractivity (Wildman–Crippen MR) is 72.8 cm³/mol. The molecule has 98 valence electrons. The number of nitrogens with zero attached hydrogens (tertiary/aromatic N) is 2. The second-order valence-corrected chi connectivity index (χ2v) is 5.14. The molecule has 19 heavy (non-hydrogen) atoms. The number of hydrogen-bond acceptors (Lipinski definition) is 5. The maximum absolute atomic E-state index is 12.1. The van der Waals surface area contributed by atoms with Crippen LogP contribution in [-0.4, -0.2) is 10.5 Å². The highest BCUT2D eigenvalue weighted by atomic mass is 32.1. The van der Waals surface area contributed by atoms with Crippen molar-refractivity contribution in [2.24, 2.45) is 17.4 Å².